The molecule has 1 unspecified atom stereocenters. The van der Waals surface area contributed by atoms with Crippen LogP contribution in [0.4, 0.5) is 0 Å². The summed E-state index contributed by atoms with van der Waals surface area (Å²) in [7, 11) is 0. The van der Waals surface area contributed by atoms with E-state index in [0.717, 1.165) is 38.9 Å². The number of likely N-dealkylation sites (tertiary alicyclic amines) is 1. The van der Waals surface area contributed by atoms with Crippen molar-refractivity contribution in [3.05, 3.63) is 35.9 Å². The van der Waals surface area contributed by atoms with Crippen LogP contribution in [0.5, 0.6) is 0 Å². The van der Waals surface area contributed by atoms with Gasteiger partial charge in [-0.05, 0) is 24.8 Å². The molecule has 1 N–H and O–H groups in total. The van der Waals surface area contributed by atoms with Crippen molar-refractivity contribution in [3.63, 3.8) is 0 Å². The maximum atomic E-state index is 11.8. The first-order valence-corrected chi connectivity index (χ1v) is 7.93. The maximum absolute atomic E-state index is 11.8. The normalized spacial score (nSPS) is 19.1. The molecule has 1 amide bonds. The Hall–Kier alpha value is -1.06. The van der Waals surface area contributed by atoms with Gasteiger partial charge in [-0.2, -0.15) is 0 Å². The molecule has 1 aliphatic rings. The summed E-state index contributed by atoms with van der Waals surface area (Å²) in [5, 5.41) is 3.13. The van der Waals surface area contributed by atoms with Crippen LogP contribution in [0.3, 0.4) is 0 Å². The number of rotatable bonds is 7. The van der Waals surface area contributed by atoms with Gasteiger partial charge in [0.15, 0.2) is 0 Å². The Kier molecular flexibility index (Phi) is 6.34. The zero-order valence-corrected chi connectivity index (χ0v) is 12.6. The number of carbonyl (C=O) groups is 1. The highest BCUT2D eigenvalue weighted by Crippen LogP contribution is 2.13. The van der Waals surface area contributed by atoms with Gasteiger partial charge in [0.2, 0.25) is 5.91 Å². The van der Waals surface area contributed by atoms with Gasteiger partial charge >= 0.3 is 0 Å². The molecular weight excluding hydrogens is 272 g/mol. The van der Waals surface area contributed by atoms with E-state index in [1.165, 1.54) is 5.56 Å². The summed E-state index contributed by atoms with van der Waals surface area (Å²) in [4.78, 5) is 14.2. The predicted molar refractivity (Wildman–Crippen MR) is 82.8 cm³/mol. The second-order valence-corrected chi connectivity index (χ2v) is 5.80. The van der Waals surface area contributed by atoms with Crippen molar-refractivity contribution in [1.29, 1.82) is 0 Å². The van der Waals surface area contributed by atoms with Crippen LogP contribution >= 0.6 is 11.6 Å². The number of benzene rings is 1. The highest BCUT2D eigenvalue weighted by molar-refractivity contribution is 6.17. The number of hydrogen-bond donors (Lipinski definition) is 1. The molecule has 0 radical (unpaired) electrons. The average Bonchev–Trinajstić information content (AvgIpc) is 2.87. The van der Waals surface area contributed by atoms with Crippen LogP contribution in [-0.4, -0.2) is 35.8 Å². The fourth-order valence-electron chi connectivity index (χ4n) is 2.62. The van der Waals surface area contributed by atoms with Crippen LogP contribution in [-0.2, 0) is 11.3 Å². The van der Waals surface area contributed by atoms with E-state index < -0.39 is 0 Å². The monoisotopic (exact) mass is 294 g/mol. The lowest BCUT2D eigenvalue weighted by molar-refractivity contribution is -0.121. The Morgan fingerprint density at radius 2 is 2.10 bits per heavy atom. The van der Waals surface area contributed by atoms with E-state index in [0.29, 0.717) is 18.3 Å². The van der Waals surface area contributed by atoms with Crippen LogP contribution in [0, 0.1) is 0 Å². The Labute approximate surface area is 126 Å². The van der Waals surface area contributed by atoms with Gasteiger partial charge in [0.05, 0.1) is 0 Å². The number of alkyl halides is 1. The molecule has 0 aliphatic carbocycles. The summed E-state index contributed by atoms with van der Waals surface area (Å²) < 4.78 is 0. The highest BCUT2D eigenvalue weighted by Gasteiger charge is 2.23. The third-order valence-electron chi connectivity index (χ3n) is 3.67. The highest BCUT2D eigenvalue weighted by atomic mass is 35.5. The standard InChI is InChI=1S/C16H23ClN2O/c17-10-5-4-8-16(20)18-15-9-11-19(13-15)12-14-6-2-1-3-7-14/h1-3,6-7,15H,4-5,8-13H2,(H,18,20). The summed E-state index contributed by atoms with van der Waals surface area (Å²) in [6.45, 7) is 2.98. The molecule has 0 aromatic heterocycles. The number of unbranched alkanes of at least 4 members (excludes halogenated alkanes) is 1. The summed E-state index contributed by atoms with van der Waals surface area (Å²) >= 11 is 5.61. The SMILES string of the molecule is O=C(CCCCCl)NC1CCN(Cc2ccccc2)C1. The molecule has 1 atom stereocenters. The van der Waals surface area contributed by atoms with Gasteiger partial charge in [0.25, 0.3) is 0 Å². The molecule has 0 saturated carbocycles. The van der Waals surface area contributed by atoms with Gasteiger partial charge in [-0.3, -0.25) is 9.69 Å². The van der Waals surface area contributed by atoms with Gasteiger partial charge in [-0.15, -0.1) is 11.6 Å². The molecule has 1 aliphatic heterocycles. The summed E-state index contributed by atoms with van der Waals surface area (Å²) in [5.41, 5.74) is 1.33. The minimum atomic E-state index is 0.168. The van der Waals surface area contributed by atoms with Crippen molar-refractivity contribution in [2.75, 3.05) is 19.0 Å². The first-order valence-electron chi connectivity index (χ1n) is 7.39. The van der Waals surface area contributed by atoms with E-state index in [-0.39, 0.29) is 5.91 Å². The van der Waals surface area contributed by atoms with Crippen molar-refractivity contribution in [3.8, 4) is 0 Å². The van der Waals surface area contributed by atoms with Gasteiger partial charge in [-0.1, -0.05) is 30.3 Å². The summed E-state index contributed by atoms with van der Waals surface area (Å²) in [6, 6.07) is 10.8. The molecule has 0 bridgehead atoms. The van der Waals surface area contributed by atoms with Crippen molar-refractivity contribution >= 4 is 17.5 Å². The third kappa shape index (κ3) is 5.14. The number of hydrogen-bond acceptors (Lipinski definition) is 2. The molecule has 110 valence electrons. The maximum Gasteiger partial charge on any atom is 0.220 e. The largest absolute Gasteiger partial charge is 0.352 e. The molecule has 1 aromatic rings. The molecule has 3 nitrogen and oxygen atoms in total. The van der Waals surface area contributed by atoms with Crippen molar-refractivity contribution in [1.82, 2.24) is 10.2 Å². The number of nitrogens with zero attached hydrogens (tertiary/aromatic N) is 1. The second-order valence-electron chi connectivity index (χ2n) is 5.42. The third-order valence-corrected chi connectivity index (χ3v) is 3.94. The number of amides is 1. The van der Waals surface area contributed by atoms with Crippen LogP contribution in [0.25, 0.3) is 0 Å². The Morgan fingerprint density at radius 3 is 2.85 bits per heavy atom. The van der Waals surface area contributed by atoms with E-state index in [1.54, 1.807) is 0 Å². The molecule has 2 rings (SSSR count). The lowest BCUT2D eigenvalue weighted by Gasteiger charge is -2.16. The quantitative estimate of drug-likeness (QED) is 0.619. The Morgan fingerprint density at radius 1 is 1.30 bits per heavy atom. The molecule has 4 heteroatoms. The number of halogens is 1. The van der Waals surface area contributed by atoms with Crippen LogP contribution < -0.4 is 5.32 Å². The van der Waals surface area contributed by atoms with E-state index in [2.05, 4.69) is 34.5 Å². The number of carbonyl (C=O) groups excluding carboxylic acids is 1. The van der Waals surface area contributed by atoms with Gasteiger partial charge in [0, 0.05) is 38.0 Å². The fourth-order valence-corrected chi connectivity index (χ4v) is 2.80. The van der Waals surface area contributed by atoms with E-state index >= 15 is 0 Å². The first-order chi connectivity index (χ1) is 9.78. The predicted octanol–water partition coefficient (Wildman–Crippen LogP) is 2.79. The van der Waals surface area contributed by atoms with Crippen molar-refractivity contribution < 1.29 is 4.79 Å². The molecule has 20 heavy (non-hydrogen) atoms. The first kappa shape index (κ1) is 15.3. The van der Waals surface area contributed by atoms with E-state index in [9.17, 15) is 4.79 Å². The minimum absolute atomic E-state index is 0.168. The average molecular weight is 295 g/mol. The lowest BCUT2D eigenvalue weighted by atomic mass is 10.2. The van der Waals surface area contributed by atoms with Crippen molar-refractivity contribution in [2.24, 2.45) is 0 Å². The molecule has 1 heterocycles. The van der Waals surface area contributed by atoms with Gasteiger partial charge in [0.1, 0.15) is 0 Å². The zero-order valence-electron chi connectivity index (χ0n) is 11.9. The van der Waals surface area contributed by atoms with Crippen LogP contribution in [0.1, 0.15) is 31.2 Å². The smallest absolute Gasteiger partial charge is 0.220 e. The van der Waals surface area contributed by atoms with Crippen LogP contribution in [0.15, 0.2) is 30.3 Å². The summed E-state index contributed by atoms with van der Waals surface area (Å²) in [6.07, 6.45) is 3.45. The van der Waals surface area contributed by atoms with Gasteiger partial charge in [-0.25, -0.2) is 0 Å². The Bertz CT molecular complexity index is 410. The lowest BCUT2D eigenvalue weighted by Crippen LogP contribution is -2.36. The van der Waals surface area contributed by atoms with Gasteiger partial charge < -0.3 is 5.32 Å². The van der Waals surface area contributed by atoms with E-state index in [4.69, 9.17) is 11.6 Å². The molecule has 1 saturated heterocycles. The van der Waals surface area contributed by atoms with E-state index in [1.807, 2.05) is 6.07 Å². The number of nitrogens with one attached hydrogen (secondary N) is 1. The van der Waals surface area contributed by atoms with Crippen LogP contribution in [0.2, 0.25) is 0 Å². The molecule has 1 aromatic carbocycles. The zero-order chi connectivity index (χ0) is 14.2. The second kappa shape index (κ2) is 8.28. The molecule has 0 spiro atoms. The topological polar surface area (TPSA) is 32.3 Å². The molecular formula is C16H23ClN2O. The minimum Gasteiger partial charge on any atom is -0.352 e. The summed E-state index contributed by atoms with van der Waals surface area (Å²) in [5.74, 6) is 0.809. The molecule has 1 fully saturated rings. The fraction of sp³-hybridized carbons (Fsp3) is 0.562. The van der Waals surface area contributed by atoms with Crippen molar-refractivity contribution in [2.45, 2.75) is 38.3 Å². The Balaban J connectivity index is 1.68.